The topological polar surface area (TPSA) is 175 Å². The quantitative estimate of drug-likeness (QED) is 0.386. The Kier molecular flexibility index (Phi) is 10.3. The van der Waals surface area contributed by atoms with E-state index in [4.69, 9.17) is 4.74 Å². The third-order valence-electron chi connectivity index (χ3n) is 10.9. The van der Waals surface area contributed by atoms with Gasteiger partial charge in [0.15, 0.2) is 0 Å². The van der Waals surface area contributed by atoms with Crippen LogP contribution in [0.25, 0.3) is 0 Å². The molecule has 1 saturated heterocycles. The van der Waals surface area contributed by atoms with Gasteiger partial charge in [0.25, 0.3) is 5.91 Å². The zero-order valence-electron chi connectivity index (χ0n) is 30.2. The Morgan fingerprint density at radius 2 is 1.83 bits per heavy atom. The zero-order valence-corrected chi connectivity index (χ0v) is 31.0. The van der Waals surface area contributed by atoms with Crippen LogP contribution in [-0.2, 0) is 42.2 Å². The third kappa shape index (κ3) is 7.91. The molecule has 6 amide bonds. The van der Waals surface area contributed by atoms with Crippen molar-refractivity contribution in [1.29, 1.82) is 0 Å². The van der Waals surface area contributed by atoms with E-state index in [0.717, 1.165) is 12.8 Å². The number of urea groups is 1. The van der Waals surface area contributed by atoms with Gasteiger partial charge >= 0.3 is 12.1 Å². The van der Waals surface area contributed by atoms with E-state index in [-0.39, 0.29) is 32.5 Å². The van der Waals surface area contributed by atoms with Crippen LogP contribution in [-0.4, -0.2) is 101 Å². The monoisotopic (exact) mass is 744 g/mol. The SMILES string of the molecule is CN(C(=O)N[C@H]1CCCCCC=C[C@@H]2C[C@@]2(C(=O)NS(=O)(=O)C2CC2)NC(=O)[C@@H]2C[C@@H](OC(=O)N3Cc4cccc(F)c4C3)CN2C1=O)C(C)(C)C. The number of nitrogens with one attached hydrogen (secondary N) is 3. The fourth-order valence-corrected chi connectivity index (χ4v) is 8.49. The van der Waals surface area contributed by atoms with E-state index in [9.17, 15) is 36.8 Å². The van der Waals surface area contributed by atoms with Gasteiger partial charge in [-0.15, -0.1) is 0 Å². The Labute approximate surface area is 303 Å². The molecule has 0 spiro atoms. The summed E-state index contributed by atoms with van der Waals surface area (Å²) in [5.74, 6) is -2.97. The van der Waals surface area contributed by atoms with E-state index in [1.807, 2.05) is 32.9 Å². The van der Waals surface area contributed by atoms with E-state index < -0.39 is 86.1 Å². The van der Waals surface area contributed by atoms with Gasteiger partial charge in [-0.1, -0.05) is 37.1 Å². The van der Waals surface area contributed by atoms with Crippen molar-refractivity contribution in [2.75, 3.05) is 13.6 Å². The highest BCUT2D eigenvalue weighted by molar-refractivity contribution is 7.91. The van der Waals surface area contributed by atoms with E-state index in [1.165, 1.54) is 20.8 Å². The number of allylic oxidation sites excluding steroid dienone is 1. The van der Waals surface area contributed by atoms with Gasteiger partial charge in [0.05, 0.1) is 18.3 Å². The molecule has 1 aromatic carbocycles. The second-order valence-corrected chi connectivity index (χ2v) is 17.7. The predicted molar refractivity (Wildman–Crippen MR) is 187 cm³/mol. The minimum Gasteiger partial charge on any atom is -0.444 e. The molecule has 52 heavy (non-hydrogen) atoms. The van der Waals surface area contributed by atoms with Gasteiger partial charge in [0, 0.05) is 37.0 Å². The first-order valence-corrected chi connectivity index (χ1v) is 19.7. The second-order valence-electron chi connectivity index (χ2n) is 15.7. The lowest BCUT2D eigenvalue weighted by Crippen LogP contribution is -2.59. The molecule has 0 bridgehead atoms. The summed E-state index contributed by atoms with van der Waals surface area (Å²) in [6.07, 6.45) is 6.13. The number of hydrogen-bond acceptors (Lipinski definition) is 8. The van der Waals surface area contributed by atoms with Gasteiger partial charge in [-0.25, -0.2) is 22.4 Å². The number of halogens is 1. The lowest BCUT2D eigenvalue weighted by molar-refractivity contribution is -0.141. The van der Waals surface area contributed by atoms with Gasteiger partial charge in [-0.2, -0.15) is 0 Å². The first-order valence-electron chi connectivity index (χ1n) is 18.1. The number of rotatable bonds is 5. The zero-order chi connectivity index (χ0) is 37.6. The van der Waals surface area contributed by atoms with E-state index in [1.54, 1.807) is 19.2 Å². The maximum absolute atomic E-state index is 14.4. The first kappa shape index (κ1) is 37.5. The van der Waals surface area contributed by atoms with Crippen LogP contribution < -0.4 is 15.4 Å². The summed E-state index contributed by atoms with van der Waals surface area (Å²) in [6.45, 7) is 5.55. The molecule has 5 atom stereocenters. The van der Waals surface area contributed by atoms with Crippen molar-refractivity contribution < 1.29 is 41.5 Å². The molecule has 3 heterocycles. The van der Waals surface area contributed by atoms with Crippen molar-refractivity contribution in [2.24, 2.45) is 5.92 Å². The van der Waals surface area contributed by atoms with E-state index in [0.29, 0.717) is 43.2 Å². The maximum Gasteiger partial charge on any atom is 0.410 e. The first-order chi connectivity index (χ1) is 24.5. The lowest BCUT2D eigenvalue weighted by atomic mass is 10.0. The fraction of sp³-hybridized carbons (Fsp3) is 0.639. The minimum atomic E-state index is -3.92. The Hall–Kier alpha value is -4.21. The molecule has 5 aliphatic rings. The largest absolute Gasteiger partial charge is 0.444 e. The number of amides is 6. The van der Waals surface area contributed by atoms with Gasteiger partial charge in [0.2, 0.25) is 21.8 Å². The molecule has 3 N–H and O–H groups in total. The highest BCUT2D eigenvalue weighted by Gasteiger charge is 2.62. The van der Waals surface area contributed by atoms with Gasteiger partial charge in [-0.05, 0) is 70.9 Å². The number of sulfonamides is 1. The Morgan fingerprint density at radius 3 is 2.52 bits per heavy atom. The molecule has 6 rings (SSSR count). The van der Waals surface area contributed by atoms with Gasteiger partial charge < -0.3 is 25.2 Å². The number of carbonyl (C=O) groups excluding carboxylic acids is 5. The summed E-state index contributed by atoms with van der Waals surface area (Å²) in [5.41, 5.74) is -1.04. The third-order valence-corrected chi connectivity index (χ3v) is 12.7. The summed E-state index contributed by atoms with van der Waals surface area (Å²) in [4.78, 5) is 73.1. The lowest BCUT2D eigenvalue weighted by Gasteiger charge is -2.35. The van der Waals surface area contributed by atoms with E-state index in [2.05, 4.69) is 15.4 Å². The van der Waals surface area contributed by atoms with Crippen molar-refractivity contribution in [1.82, 2.24) is 30.1 Å². The van der Waals surface area contributed by atoms with Gasteiger partial charge in [-0.3, -0.25) is 24.0 Å². The number of nitrogens with zero attached hydrogens (tertiary/aromatic N) is 3. The van der Waals surface area contributed by atoms with E-state index >= 15 is 0 Å². The molecule has 3 aliphatic heterocycles. The summed E-state index contributed by atoms with van der Waals surface area (Å²) in [6, 6.07) is 1.94. The average Bonchev–Trinajstić information content (AvgIpc) is 3.96. The molecule has 14 nitrogen and oxygen atoms in total. The predicted octanol–water partition coefficient (Wildman–Crippen LogP) is 3.06. The van der Waals surface area contributed by atoms with Crippen LogP contribution in [0.5, 0.6) is 0 Å². The van der Waals surface area contributed by atoms with Crippen molar-refractivity contribution in [3.63, 3.8) is 0 Å². The van der Waals surface area contributed by atoms with Crippen molar-refractivity contribution in [3.05, 3.63) is 47.3 Å². The average molecular weight is 745 g/mol. The van der Waals surface area contributed by atoms with Crippen LogP contribution >= 0.6 is 0 Å². The molecular weight excluding hydrogens is 695 g/mol. The number of fused-ring (bicyclic) bond motifs is 3. The van der Waals surface area contributed by atoms with Crippen molar-refractivity contribution in [3.8, 4) is 0 Å². The molecule has 1 aromatic rings. The molecule has 2 saturated carbocycles. The summed E-state index contributed by atoms with van der Waals surface area (Å²) >= 11 is 0. The Morgan fingerprint density at radius 1 is 1.08 bits per heavy atom. The summed E-state index contributed by atoms with van der Waals surface area (Å²) in [5, 5.41) is 5.01. The van der Waals surface area contributed by atoms with Crippen molar-refractivity contribution >= 4 is 39.9 Å². The number of benzene rings is 1. The van der Waals surface area contributed by atoms with Crippen molar-refractivity contribution in [2.45, 2.75) is 126 Å². The Bertz CT molecular complexity index is 1760. The second kappa shape index (κ2) is 14.3. The smallest absolute Gasteiger partial charge is 0.410 e. The van der Waals surface area contributed by atoms with Crippen LogP contribution in [0.2, 0.25) is 0 Å². The van der Waals surface area contributed by atoms with Crippen LogP contribution in [0.3, 0.4) is 0 Å². The highest BCUT2D eigenvalue weighted by atomic mass is 32.2. The molecule has 3 fully saturated rings. The van der Waals surface area contributed by atoms with Crippen LogP contribution in [0.4, 0.5) is 14.0 Å². The molecule has 2 aliphatic carbocycles. The molecule has 0 aromatic heterocycles. The standard InChI is InChI=1S/C36H49FN6O8S/c1-35(2,3)41(4)33(47)38-28-14-9-7-5-6-8-12-23-18-36(23,32(46)40-52(49,50)25-15-16-25)39-30(44)29-17-24(20-43(29)31(28)45)51-34(48)42-19-22-11-10-13-27(37)26(22)21-42/h8,10-13,23-25,28-29H,5-7,9,14-21H2,1-4H3,(H,38,47)(H,39,44)(H,40,46)/t23-,24-,28+,29+,36-/m1/s1. The normalized spacial score (nSPS) is 28.0. The molecule has 0 radical (unpaired) electrons. The fourth-order valence-electron chi connectivity index (χ4n) is 7.12. The van der Waals surface area contributed by atoms with Crippen LogP contribution in [0.15, 0.2) is 30.4 Å². The van der Waals surface area contributed by atoms with Crippen LogP contribution in [0.1, 0.15) is 89.7 Å². The van der Waals surface area contributed by atoms with Crippen LogP contribution in [0, 0.1) is 11.7 Å². The molecular formula is C36H49FN6O8S. The van der Waals surface area contributed by atoms with Gasteiger partial charge in [0.1, 0.15) is 29.5 Å². The number of carbonyl (C=O) groups is 5. The summed E-state index contributed by atoms with van der Waals surface area (Å²) in [7, 11) is -2.29. The molecule has 16 heteroatoms. The minimum absolute atomic E-state index is 0.00578. The summed E-state index contributed by atoms with van der Waals surface area (Å²) < 4.78 is 48.0. The number of hydrogen-bond donors (Lipinski definition) is 3. The Balaban J connectivity index is 1.26. The molecule has 0 unspecified atom stereocenters. The highest BCUT2D eigenvalue weighted by Crippen LogP contribution is 2.46. The number of ether oxygens (including phenoxy) is 1. The molecule has 284 valence electrons. The maximum atomic E-state index is 14.4.